The Balaban J connectivity index is 1.96. The van der Waals surface area contributed by atoms with Crippen LogP contribution >= 0.6 is 23.1 Å². The number of nitrogens with zero attached hydrogens (tertiary/aromatic N) is 1. The van der Waals surface area contributed by atoms with E-state index in [2.05, 4.69) is 67.0 Å². The third kappa shape index (κ3) is 3.98. The highest BCUT2D eigenvalue weighted by atomic mass is 32.2. The van der Waals surface area contributed by atoms with Crippen LogP contribution in [0.2, 0.25) is 0 Å². The second-order valence-electron chi connectivity index (χ2n) is 5.46. The zero-order valence-corrected chi connectivity index (χ0v) is 13.5. The first-order valence-corrected chi connectivity index (χ1v) is 8.42. The molecule has 2 rings (SSSR count). The molecule has 2 nitrogen and oxygen atoms in total. The largest absolute Gasteiger partial charge is 0.379 e. The standard InChI is InChI=1S/C15H20N2S2/c1-15(2,3)13-10-19-14(17-13)9-16-11-5-7-12(18-4)8-6-11/h5-8,10,16H,9H2,1-4H3. The van der Waals surface area contributed by atoms with Crippen LogP contribution in [0.3, 0.4) is 0 Å². The number of hydrogen-bond donors (Lipinski definition) is 1. The van der Waals surface area contributed by atoms with E-state index in [1.807, 2.05) is 0 Å². The van der Waals surface area contributed by atoms with Crippen LogP contribution in [-0.2, 0) is 12.0 Å². The van der Waals surface area contributed by atoms with Gasteiger partial charge in [-0.25, -0.2) is 4.98 Å². The number of thiazole rings is 1. The normalized spacial score (nSPS) is 11.6. The highest BCUT2D eigenvalue weighted by Crippen LogP contribution is 2.24. The van der Waals surface area contributed by atoms with Gasteiger partial charge in [-0.2, -0.15) is 0 Å². The van der Waals surface area contributed by atoms with Gasteiger partial charge in [0.05, 0.1) is 12.2 Å². The lowest BCUT2D eigenvalue weighted by Crippen LogP contribution is -2.11. The second kappa shape index (κ2) is 5.97. The van der Waals surface area contributed by atoms with E-state index in [1.165, 1.54) is 10.6 Å². The van der Waals surface area contributed by atoms with Crippen LogP contribution in [0.15, 0.2) is 34.5 Å². The molecule has 19 heavy (non-hydrogen) atoms. The van der Waals surface area contributed by atoms with Gasteiger partial charge < -0.3 is 5.32 Å². The third-order valence-electron chi connectivity index (χ3n) is 2.85. The Morgan fingerprint density at radius 2 is 1.89 bits per heavy atom. The smallest absolute Gasteiger partial charge is 0.112 e. The molecule has 0 fully saturated rings. The summed E-state index contributed by atoms with van der Waals surface area (Å²) in [5, 5.41) is 6.71. The van der Waals surface area contributed by atoms with Crippen LogP contribution in [0.4, 0.5) is 5.69 Å². The first-order chi connectivity index (χ1) is 8.99. The molecule has 1 heterocycles. The molecule has 1 aromatic heterocycles. The summed E-state index contributed by atoms with van der Waals surface area (Å²) in [6, 6.07) is 8.50. The van der Waals surface area contributed by atoms with E-state index >= 15 is 0 Å². The van der Waals surface area contributed by atoms with Crippen molar-refractivity contribution in [2.45, 2.75) is 37.6 Å². The summed E-state index contributed by atoms with van der Waals surface area (Å²) in [5.41, 5.74) is 2.45. The van der Waals surface area contributed by atoms with E-state index in [4.69, 9.17) is 0 Å². The van der Waals surface area contributed by atoms with E-state index in [-0.39, 0.29) is 5.41 Å². The maximum atomic E-state index is 4.68. The monoisotopic (exact) mass is 292 g/mol. The van der Waals surface area contributed by atoms with Crippen LogP contribution in [0, 0.1) is 0 Å². The van der Waals surface area contributed by atoms with Gasteiger partial charge in [-0.15, -0.1) is 23.1 Å². The van der Waals surface area contributed by atoms with E-state index in [0.29, 0.717) is 0 Å². The lowest BCUT2D eigenvalue weighted by atomic mass is 9.93. The molecule has 0 saturated heterocycles. The Morgan fingerprint density at radius 1 is 1.21 bits per heavy atom. The van der Waals surface area contributed by atoms with Crippen molar-refractivity contribution in [1.29, 1.82) is 0 Å². The van der Waals surface area contributed by atoms with Gasteiger partial charge in [0, 0.05) is 21.4 Å². The summed E-state index contributed by atoms with van der Waals surface area (Å²) < 4.78 is 0. The fraction of sp³-hybridized carbons (Fsp3) is 0.400. The molecule has 1 aromatic carbocycles. The molecular formula is C15H20N2S2. The van der Waals surface area contributed by atoms with Gasteiger partial charge >= 0.3 is 0 Å². The molecule has 0 atom stereocenters. The first kappa shape index (κ1) is 14.4. The van der Waals surface area contributed by atoms with Crippen molar-refractivity contribution < 1.29 is 0 Å². The zero-order chi connectivity index (χ0) is 13.9. The molecule has 0 radical (unpaired) electrons. The van der Waals surface area contributed by atoms with Crippen molar-refractivity contribution in [1.82, 2.24) is 4.98 Å². The molecule has 4 heteroatoms. The lowest BCUT2D eigenvalue weighted by Gasteiger charge is -2.14. The molecule has 0 unspecified atom stereocenters. The molecule has 0 aliphatic carbocycles. The molecule has 0 aliphatic rings. The average Bonchev–Trinajstić information content (AvgIpc) is 2.86. The maximum Gasteiger partial charge on any atom is 0.112 e. The summed E-state index contributed by atoms with van der Waals surface area (Å²) in [6.45, 7) is 7.38. The summed E-state index contributed by atoms with van der Waals surface area (Å²) >= 11 is 3.49. The molecule has 0 spiro atoms. The van der Waals surface area contributed by atoms with E-state index in [1.54, 1.807) is 23.1 Å². The molecule has 0 saturated carbocycles. The quantitative estimate of drug-likeness (QED) is 0.821. The fourth-order valence-corrected chi connectivity index (χ4v) is 2.99. The number of aromatic nitrogens is 1. The van der Waals surface area contributed by atoms with Gasteiger partial charge in [-0.1, -0.05) is 20.8 Å². The van der Waals surface area contributed by atoms with Crippen LogP contribution in [0.25, 0.3) is 0 Å². The van der Waals surface area contributed by atoms with Crippen molar-refractivity contribution in [3.8, 4) is 0 Å². The Bertz CT molecular complexity index is 524. The highest BCUT2D eigenvalue weighted by Gasteiger charge is 2.17. The molecular weight excluding hydrogens is 272 g/mol. The molecule has 2 aromatic rings. The van der Waals surface area contributed by atoms with Crippen molar-refractivity contribution in [3.05, 3.63) is 40.3 Å². The van der Waals surface area contributed by atoms with Crippen LogP contribution in [0.5, 0.6) is 0 Å². The minimum absolute atomic E-state index is 0.134. The fourth-order valence-electron chi connectivity index (χ4n) is 1.62. The lowest BCUT2D eigenvalue weighted by molar-refractivity contribution is 0.571. The average molecular weight is 292 g/mol. The molecule has 0 amide bonds. The maximum absolute atomic E-state index is 4.68. The number of nitrogens with one attached hydrogen (secondary N) is 1. The first-order valence-electron chi connectivity index (χ1n) is 6.32. The van der Waals surface area contributed by atoms with Crippen LogP contribution in [0.1, 0.15) is 31.5 Å². The van der Waals surface area contributed by atoms with Crippen LogP contribution < -0.4 is 5.32 Å². The summed E-state index contributed by atoms with van der Waals surface area (Å²) in [7, 11) is 0. The van der Waals surface area contributed by atoms with Crippen molar-refractivity contribution in [2.75, 3.05) is 11.6 Å². The van der Waals surface area contributed by atoms with Gasteiger partial charge in [0.2, 0.25) is 0 Å². The Hall–Kier alpha value is -1.00. The molecule has 102 valence electrons. The SMILES string of the molecule is CSc1ccc(NCc2nc(C(C)(C)C)cs2)cc1. The number of anilines is 1. The number of thioether (sulfide) groups is 1. The van der Waals surface area contributed by atoms with Gasteiger partial charge in [-0.05, 0) is 30.5 Å². The van der Waals surface area contributed by atoms with Crippen molar-refractivity contribution in [2.24, 2.45) is 0 Å². The Labute approximate surface area is 123 Å². The van der Waals surface area contributed by atoms with Gasteiger partial charge in [0.25, 0.3) is 0 Å². The summed E-state index contributed by atoms with van der Waals surface area (Å²) in [5.74, 6) is 0. The highest BCUT2D eigenvalue weighted by molar-refractivity contribution is 7.98. The predicted molar refractivity (Wildman–Crippen MR) is 86.4 cm³/mol. The molecule has 0 bridgehead atoms. The van der Waals surface area contributed by atoms with E-state index in [9.17, 15) is 0 Å². The molecule has 0 aliphatic heterocycles. The Morgan fingerprint density at radius 3 is 2.42 bits per heavy atom. The van der Waals surface area contributed by atoms with E-state index < -0.39 is 0 Å². The third-order valence-corrected chi connectivity index (χ3v) is 4.45. The summed E-state index contributed by atoms with van der Waals surface area (Å²) in [4.78, 5) is 5.97. The molecule has 1 N–H and O–H groups in total. The topological polar surface area (TPSA) is 24.9 Å². The predicted octanol–water partition coefficient (Wildman–Crippen LogP) is 4.77. The van der Waals surface area contributed by atoms with Crippen molar-refractivity contribution in [3.63, 3.8) is 0 Å². The Kier molecular flexibility index (Phi) is 4.53. The minimum atomic E-state index is 0.134. The minimum Gasteiger partial charge on any atom is -0.379 e. The van der Waals surface area contributed by atoms with Gasteiger partial charge in [0.15, 0.2) is 0 Å². The number of benzene rings is 1. The van der Waals surface area contributed by atoms with Crippen molar-refractivity contribution >= 4 is 28.8 Å². The van der Waals surface area contributed by atoms with Gasteiger partial charge in [-0.3, -0.25) is 0 Å². The number of rotatable bonds is 4. The van der Waals surface area contributed by atoms with Gasteiger partial charge in [0.1, 0.15) is 5.01 Å². The van der Waals surface area contributed by atoms with Crippen LogP contribution in [-0.4, -0.2) is 11.2 Å². The zero-order valence-electron chi connectivity index (χ0n) is 11.9. The van der Waals surface area contributed by atoms with E-state index in [0.717, 1.165) is 17.2 Å². The summed E-state index contributed by atoms with van der Waals surface area (Å²) in [6.07, 6.45) is 2.09. The number of hydrogen-bond acceptors (Lipinski definition) is 4. The second-order valence-corrected chi connectivity index (χ2v) is 7.28.